The number of rotatable bonds is 1. The van der Waals surface area contributed by atoms with E-state index in [1.165, 1.54) is 0 Å². The van der Waals surface area contributed by atoms with Crippen molar-refractivity contribution in [1.29, 1.82) is 0 Å². The van der Waals surface area contributed by atoms with Crippen LogP contribution in [0.1, 0.15) is 16.2 Å². The zero-order valence-corrected chi connectivity index (χ0v) is 7.93. The molecular weight excluding hydrogens is 269 g/mol. The van der Waals surface area contributed by atoms with Crippen LogP contribution in [0.4, 0.5) is 13.2 Å². The number of alkyl halides is 3. The summed E-state index contributed by atoms with van der Waals surface area (Å²) in [5.74, 6) is -1.54. The molecule has 4 nitrogen and oxygen atoms in total. The van der Waals surface area contributed by atoms with Gasteiger partial charge in [-0.2, -0.15) is 13.2 Å². The highest BCUT2D eigenvalue weighted by Crippen LogP contribution is 2.28. The quantitative estimate of drug-likeness (QED) is 0.793. The van der Waals surface area contributed by atoms with E-state index >= 15 is 0 Å². The average Bonchev–Trinajstić information content (AvgIpc) is 2.01. The maximum absolute atomic E-state index is 12.1. The molecule has 0 atom stereocenters. The van der Waals surface area contributed by atoms with Gasteiger partial charge in [0.05, 0.1) is 0 Å². The minimum absolute atomic E-state index is 0.368. The zero-order chi connectivity index (χ0) is 10.9. The Kier molecular flexibility index (Phi) is 2.74. The third-order valence-electron chi connectivity index (χ3n) is 1.21. The smallest absolute Gasteiger partial charge is 0.433 e. The summed E-state index contributed by atoms with van der Waals surface area (Å²) in [7, 11) is 0. The summed E-state index contributed by atoms with van der Waals surface area (Å²) in [5.41, 5.74) is -2.00. The number of carbonyl (C=O) groups is 1. The average molecular weight is 271 g/mol. The molecule has 0 spiro atoms. The highest BCUT2D eigenvalue weighted by atomic mass is 79.9. The normalized spacial score (nSPS) is 11.4. The number of aromatic carboxylic acids is 1. The van der Waals surface area contributed by atoms with E-state index in [0.29, 0.717) is 6.07 Å². The minimum Gasteiger partial charge on any atom is -0.477 e. The minimum atomic E-state index is -4.68. The predicted octanol–water partition coefficient (Wildman–Crippen LogP) is 1.96. The Bertz CT molecular complexity index is 380. The van der Waals surface area contributed by atoms with E-state index in [1.807, 2.05) is 0 Å². The molecule has 0 saturated carbocycles. The highest BCUT2D eigenvalue weighted by molar-refractivity contribution is 9.10. The first-order chi connectivity index (χ1) is 6.30. The van der Waals surface area contributed by atoms with Gasteiger partial charge in [0.15, 0.2) is 10.4 Å². The molecule has 14 heavy (non-hydrogen) atoms. The largest absolute Gasteiger partial charge is 0.477 e. The lowest BCUT2D eigenvalue weighted by Crippen LogP contribution is -2.12. The van der Waals surface area contributed by atoms with Crippen LogP contribution in [0.2, 0.25) is 0 Å². The van der Waals surface area contributed by atoms with Gasteiger partial charge in [0.1, 0.15) is 5.69 Å². The molecule has 0 radical (unpaired) electrons. The number of carboxylic acids is 1. The van der Waals surface area contributed by atoms with Gasteiger partial charge in [-0.25, -0.2) is 14.8 Å². The fraction of sp³-hybridized carbons (Fsp3) is 0.167. The van der Waals surface area contributed by atoms with Crippen LogP contribution in [0.15, 0.2) is 10.8 Å². The van der Waals surface area contributed by atoms with E-state index in [0.717, 1.165) is 0 Å². The lowest BCUT2D eigenvalue weighted by molar-refractivity contribution is -0.141. The molecule has 0 unspecified atom stereocenters. The van der Waals surface area contributed by atoms with Gasteiger partial charge in [-0.3, -0.25) is 0 Å². The highest BCUT2D eigenvalue weighted by Gasteiger charge is 2.34. The number of aromatic nitrogens is 2. The molecule has 0 fully saturated rings. The Hall–Kier alpha value is -1.18. The lowest BCUT2D eigenvalue weighted by atomic mass is 10.3. The van der Waals surface area contributed by atoms with Gasteiger partial charge in [0, 0.05) is 6.07 Å². The summed E-state index contributed by atoms with van der Waals surface area (Å²) in [6.45, 7) is 0. The molecule has 0 amide bonds. The number of carboxylic acid groups (broad SMARTS) is 1. The Morgan fingerprint density at radius 1 is 1.43 bits per heavy atom. The summed E-state index contributed by atoms with van der Waals surface area (Å²) in [6, 6.07) is 0.368. The SMILES string of the molecule is O=C(O)c1cc(C(F)(F)F)nc(Br)n1. The maximum atomic E-state index is 12.1. The third-order valence-corrected chi connectivity index (χ3v) is 1.56. The van der Waals surface area contributed by atoms with Gasteiger partial charge in [0.2, 0.25) is 0 Å². The first-order valence-electron chi connectivity index (χ1n) is 3.16. The molecule has 0 aliphatic heterocycles. The fourth-order valence-corrected chi connectivity index (χ4v) is 1.05. The number of hydrogen-bond donors (Lipinski definition) is 1. The summed E-state index contributed by atoms with van der Waals surface area (Å²) in [5, 5.41) is 8.42. The van der Waals surface area contributed by atoms with Crippen molar-refractivity contribution < 1.29 is 23.1 Å². The maximum Gasteiger partial charge on any atom is 0.433 e. The number of hydrogen-bond acceptors (Lipinski definition) is 3. The molecule has 1 N–H and O–H groups in total. The zero-order valence-electron chi connectivity index (χ0n) is 6.34. The van der Waals surface area contributed by atoms with E-state index in [9.17, 15) is 18.0 Å². The Morgan fingerprint density at radius 3 is 2.43 bits per heavy atom. The van der Waals surface area contributed by atoms with Crippen LogP contribution in [-0.2, 0) is 6.18 Å². The molecule has 76 valence electrons. The van der Waals surface area contributed by atoms with E-state index in [1.54, 1.807) is 0 Å². The summed E-state index contributed by atoms with van der Waals surface area (Å²) >= 11 is 2.59. The van der Waals surface area contributed by atoms with Crippen LogP contribution in [0.5, 0.6) is 0 Å². The molecular formula is C6H2BrF3N2O2. The molecule has 8 heteroatoms. The molecule has 0 aliphatic carbocycles. The molecule has 0 aliphatic rings. The van der Waals surface area contributed by atoms with E-state index < -0.39 is 28.3 Å². The van der Waals surface area contributed by atoms with Crippen molar-refractivity contribution in [2.24, 2.45) is 0 Å². The molecule has 0 aromatic carbocycles. The summed E-state index contributed by atoms with van der Waals surface area (Å²) in [4.78, 5) is 16.6. The van der Waals surface area contributed by atoms with Crippen molar-refractivity contribution in [2.75, 3.05) is 0 Å². The second kappa shape index (κ2) is 3.52. The van der Waals surface area contributed by atoms with Crippen LogP contribution in [0.3, 0.4) is 0 Å². The standard InChI is InChI=1S/C6H2BrF3N2O2/c7-5-11-2(4(13)14)1-3(12-5)6(8,9)10/h1H,(H,13,14). The second-order valence-corrected chi connectivity index (χ2v) is 2.92. The van der Waals surface area contributed by atoms with Gasteiger partial charge in [-0.15, -0.1) is 0 Å². The molecule has 1 heterocycles. The van der Waals surface area contributed by atoms with Crippen molar-refractivity contribution >= 4 is 21.9 Å². The van der Waals surface area contributed by atoms with Crippen LogP contribution in [0.25, 0.3) is 0 Å². The van der Waals surface area contributed by atoms with E-state index in [2.05, 4.69) is 25.9 Å². The number of halogens is 4. The molecule has 1 rings (SSSR count). The van der Waals surface area contributed by atoms with Crippen LogP contribution >= 0.6 is 15.9 Å². The molecule has 1 aromatic rings. The Morgan fingerprint density at radius 2 is 2.00 bits per heavy atom. The van der Waals surface area contributed by atoms with Crippen molar-refractivity contribution in [1.82, 2.24) is 9.97 Å². The van der Waals surface area contributed by atoms with Crippen molar-refractivity contribution in [2.45, 2.75) is 6.18 Å². The van der Waals surface area contributed by atoms with Crippen molar-refractivity contribution in [3.63, 3.8) is 0 Å². The predicted molar refractivity (Wildman–Crippen MR) is 41.7 cm³/mol. The summed E-state index contributed by atoms with van der Waals surface area (Å²) < 4.78 is 35.9. The number of nitrogens with zero attached hydrogens (tertiary/aromatic N) is 2. The molecule has 1 aromatic heterocycles. The second-order valence-electron chi connectivity index (χ2n) is 2.21. The van der Waals surface area contributed by atoms with E-state index in [-0.39, 0.29) is 0 Å². The lowest BCUT2D eigenvalue weighted by Gasteiger charge is -2.05. The van der Waals surface area contributed by atoms with Crippen LogP contribution < -0.4 is 0 Å². The van der Waals surface area contributed by atoms with Gasteiger partial charge < -0.3 is 5.11 Å². The van der Waals surface area contributed by atoms with Crippen molar-refractivity contribution in [3.05, 3.63) is 22.2 Å². The van der Waals surface area contributed by atoms with Gasteiger partial charge in [-0.05, 0) is 15.9 Å². The Labute approximate surface area is 83.9 Å². The summed E-state index contributed by atoms with van der Waals surface area (Å²) in [6.07, 6.45) is -4.68. The van der Waals surface area contributed by atoms with Crippen molar-refractivity contribution in [3.8, 4) is 0 Å². The van der Waals surface area contributed by atoms with Gasteiger partial charge >= 0.3 is 12.1 Å². The fourth-order valence-electron chi connectivity index (χ4n) is 0.673. The molecule has 0 saturated heterocycles. The molecule has 0 bridgehead atoms. The Balaban J connectivity index is 3.28. The topological polar surface area (TPSA) is 63.1 Å². The van der Waals surface area contributed by atoms with E-state index in [4.69, 9.17) is 5.11 Å². The third kappa shape index (κ3) is 2.41. The monoisotopic (exact) mass is 270 g/mol. The van der Waals surface area contributed by atoms with Gasteiger partial charge in [-0.1, -0.05) is 0 Å². The van der Waals surface area contributed by atoms with Crippen LogP contribution in [-0.4, -0.2) is 21.0 Å². The van der Waals surface area contributed by atoms with Crippen LogP contribution in [0, 0.1) is 0 Å². The van der Waals surface area contributed by atoms with Gasteiger partial charge in [0.25, 0.3) is 0 Å². The first-order valence-corrected chi connectivity index (χ1v) is 3.95. The first kappa shape index (κ1) is 10.9.